The van der Waals surface area contributed by atoms with E-state index in [1.165, 1.54) is 50.7 Å². The highest BCUT2D eigenvalue weighted by atomic mass is 19.1. The van der Waals surface area contributed by atoms with Crippen molar-refractivity contribution in [1.82, 2.24) is 4.98 Å². The number of rotatable bonds is 8. The number of amides is 2. The van der Waals surface area contributed by atoms with Crippen LogP contribution in [0.1, 0.15) is 13.8 Å². The minimum atomic E-state index is -0.696. The predicted octanol–water partition coefficient (Wildman–Crippen LogP) is 6.17. The van der Waals surface area contributed by atoms with Crippen LogP contribution in [0.15, 0.2) is 66.9 Å². The second-order valence-corrected chi connectivity index (χ2v) is 10.0. The van der Waals surface area contributed by atoms with Crippen molar-refractivity contribution < 1.29 is 32.6 Å². The summed E-state index contributed by atoms with van der Waals surface area (Å²) >= 11 is 0. The molecule has 4 aromatic rings. The molecule has 1 aliphatic carbocycles. The van der Waals surface area contributed by atoms with Crippen molar-refractivity contribution in [2.24, 2.45) is 17.3 Å². The first-order chi connectivity index (χ1) is 19.1. The fourth-order valence-corrected chi connectivity index (χ4v) is 4.94. The van der Waals surface area contributed by atoms with E-state index in [4.69, 9.17) is 14.2 Å². The van der Waals surface area contributed by atoms with Crippen molar-refractivity contribution in [3.63, 3.8) is 0 Å². The summed E-state index contributed by atoms with van der Waals surface area (Å²) in [6, 6.07) is 14.6. The number of benzene rings is 3. The van der Waals surface area contributed by atoms with Gasteiger partial charge in [-0.25, -0.2) is 8.78 Å². The zero-order valence-corrected chi connectivity index (χ0v) is 22.2. The van der Waals surface area contributed by atoms with Crippen molar-refractivity contribution in [2.45, 2.75) is 13.8 Å². The molecule has 3 aromatic carbocycles. The molecule has 2 amide bonds. The number of carbonyl (C=O) groups excluding carboxylic acids is 2. The standard InChI is InChI=1S/C30H27F2N3O5/c1-30(2)26(28(36)34-17-7-5-6-16(31)12-17)27(30)29(37)35-18-8-9-23(20(32)13-18)40-22-10-11-33-21-15-25(39-4)24(38-3)14-19(21)22/h5-15,26-27H,1-4H3,(H,34,36)(H,35,37)/t26-,27+/m1/s1. The van der Waals surface area contributed by atoms with Crippen LogP contribution in [0.3, 0.4) is 0 Å². The molecule has 206 valence electrons. The van der Waals surface area contributed by atoms with E-state index in [0.29, 0.717) is 33.8 Å². The number of hydrogen-bond donors (Lipinski definition) is 2. The van der Waals surface area contributed by atoms with Crippen LogP contribution in [0.5, 0.6) is 23.0 Å². The molecule has 1 fully saturated rings. The van der Waals surface area contributed by atoms with E-state index in [1.807, 2.05) is 0 Å². The first-order valence-corrected chi connectivity index (χ1v) is 12.5. The number of nitrogens with one attached hydrogen (secondary N) is 2. The summed E-state index contributed by atoms with van der Waals surface area (Å²) in [5.41, 5.74) is 0.467. The van der Waals surface area contributed by atoms with Crippen LogP contribution in [-0.4, -0.2) is 31.0 Å². The van der Waals surface area contributed by atoms with Crippen LogP contribution < -0.4 is 24.8 Å². The highest BCUT2D eigenvalue weighted by Crippen LogP contribution is 2.59. The van der Waals surface area contributed by atoms with Gasteiger partial charge in [-0.15, -0.1) is 0 Å². The number of carbonyl (C=O) groups is 2. The van der Waals surface area contributed by atoms with Crippen molar-refractivity contribution in [2.75, 3.05) is 24.9 Å². The van der Waals surface area contributed by atoms with E-state index in [-0.39, 0.29) is 17.3 Å². The van der Waals surface area contributed by atoms with Crippen LogP contribution in [0.2, 0.25) is 0 Å². The molecule has 1 saturated carbocycles. The predicted molar refractivity (Wildman–Crippen MR) is 146 cm³/mol. The fraction of sp³-hybridized carbons (Fsp3) is 0.233. The van der Waals surface area contributed by atoms with E-state index in [2.05, 4.69) is 15.6 Å². The van der Waals surface area contributed by atoms with Gasteiger partial charge in [0.25, 0.3) is 0 Å². The number of methoxy groups -OCH3 is 2. The smallest absolute Gasteiger partial charge is 0.228 e. The van der Waals surface area contributed by atoms with Crippen molar-refractivity contribution >= 4 is 34.1 Å². The lowest BCUT2D eigenvalue weighted by Gasteiger charge is -2.13. The number of nitrogens with zero attached hydrogens (tertiary/aromatic N) is 1. The Balaban J connectivity index is 1.29. The van der Waals surface area contributed by atoms with Crippen LogP contribution in [-0.2, 0) is 9.59 Å². The number of halogens is 2. The first kappa shape index (κ1) is 26.9. The molecule has 1 aromatic heterocycles. The van der Waals surface area contributed by atoms with E-state index in [0.717, 1.165) is 6.07 Å². The fourth-order valence-electron chi connectivity index (χ4n) is 4.94. The molecule has 0 radical (unpaired) electrons. The third kappa shape index (κ3) is 5.12. The lowest BCUT2D eigenvalue weighted by molar-refractivity contribution is -0.122. The summed E-state index contributed by atoms with van der Waals surface area (Å²) in [5, 5.41) is 5.94. The lowest BCUT2D eigenvalue weighted by atomic mass is 10.1. The summed E-state index contributed by atoms with van der Waals surface area (Å²) in [5.74, 6) is -1.98. The SMILES string of the molecule is COc1cc2nccc(Oc3ccc(NC(=O)[C@@H]4[C@H](C(=O)Nc5cccc(F)c5)C4(C)C)cc3F)c2cc1OC. The maximum atomic E-state index is 15.1. The summed E-state index contributed by atoms with van der Waals surface area (Å²) in [6.45, 7) is 3.60. The normalized spacial score (nSPS) is 17.1. The highest BCUT2D eigenvalue weighted by molar-refractivity contribution is 6.04. The number of aromatic nitrogens is 1. The number of anilines is 2. The second kappa shape index (κ2) is 10.4. The zero-order valence-electron chi connectivity index (χ0n) is 22.2. The Labute approximate surface area is 229 Å². The summed E-state index contributed by atoms with van der Waals surface area (Å²) in [7, 11) is 3.03. The molecule has 0 bridgehead atoms. The maximum Gasteiger partial charge on any atom is 0.228 e. The lowest BCUT2D eigenvalue weighted by Crippen LogP contribution is -2.20. The van der Waals surface area contributed by atoms with Crippen molar-refractivity contribution in [3.8, 4) is 23.0 Å². The van der Waals surface area contributed by atoms with E-state index < -0.39 is 34.8 Å². The van der Waals surface area contributed by atoms with Gasteiger partial charge in [0.15, 0.2) is 23.1 Å². The molecule has 1 aliphatic rings. The topological polar surface area (TPSA) is 98.8 Å². The van der Waals surface area contributed by atoms with Gasteiger partial charge in [0.05, 0.1) is 31.6 Å². The zero-order chi connectivity index (χ0) is 28.6. The molecule has 1 heterocycles. The molecule has 2 N–H and O–H groups in total. The number of ether oxygens (including phenoxy) is 3. The van der Waals surface area contributed by atoms with Gasteiger partial charge in [-0.1, -0.05) is 19.9 Å². The van der Waals surface area contributed by atoms with Gasteiger partial charge < -0.3 is 24.8 Å². The third-order valence-electron chi connectivity index (χ3n) is 7.11. The van der Waals surface area contributed by atoms with E-state index in [1.54, 1.807) is 38.1 Å². The van der Waals surface area contributed by atoms with E-state index >= 15 is 4.39 Å². The molecule has 0 aliphatic heterocycles. The van der Waals surface area contributed by atoms with Gasteiger partial charge in [-0.3, -0.25) is 14.6 Å². The van der Waals surface area contributed by atoms with Gasteiger partial charge in [-0.2, -0.15) is 0 Å². The monoisotopic (exact) mass is 547 g/mol. The van der Waals surface area contributed by atoms with Crippen molar-refractivity contribution in [1.29, 1.82) is 0 Å². The van der Waals surface area contributed by atoms with Gasteiger partial charge in [0, 0.05) is 35.1 Å². The average Bonchev–Trinajstić information content (AvgIpc) is 3.51. The Morgan fingerprint density at radius 1 is 0.800 bits per heavy atom. The largest absolute Gasteiger partial charge is 0.493 e. The number of pyridine rings is 1. The molecule has 2 atom stereocenters. The molecule has 0 spiro atoms. The minimum Gasteiger partial charge on any atom is -0.493 e. The Morgan fingerprint density at radius 2 is 1.45 bits per heavy atom. The van der Waals surface area contributed by atoms with Crippen molar-refractivity contribution in [3.05, 3.63) is 78.5 Å². The Kier molecular flexibility index (Phi) is 7.01. The van der Waals surface area contributed by atoms with Crippen LogP contribution >= 0.6 is 0 Å². The number of hydrogen-bond acceptors (Lipinski definition) is 6. The summed E-state index contributed by atoms with van der Waals surface area (Å²) in [4.78, 5) is 30.1. The molecule has 0 saturated heterocycles. The quantitative estimate of drug-likeness (QED) is 0.274. The Morgan fingerprint density at radius 3 is 2.08 bits per heavy atom. The van der Waals surface area contributed by atoms with Crippen LogP contribution in [0, 0.1) is 28.9 Å². The van der Waals surface area contributed by atoms with E-state index in [9.17, 15) is 14.0 Å². The molecule has 0 unspecified atom stereocenters. The molecule has 8 nitrogen and oxygen atoms in total. The molecule has 10 heteroatoms. The first-order valence-electron chi connectivity index (χ1n) is 12.5. The van der Waals surface area contributed by atoms with Crippen LogP contribution in [0.25, 0.3) is 10.9 Å². The van der Waals surface area contributed by atoms with Gasteiger partial charge in [-0.05, 0) is 47.9 Å². The van der Waals surface area contributed by atoms with Gasteiger partial charge in [0.1, 0.15) is 11.6 Å². The molecule has 40 heavy (non-hydrogen) atoms. The third-order valence-corrected chi connectivity index (χ3v) is 7.11. The Bertz CT molecular complexity index is 1620. The maximum absolute atomic E-state index is 15.1. The van der Waals surface area contributed by atoms with Gasteiger partial charge >= 0.3 is 0 Å². The summed E-state index contributed by atoms with van der Waals surface area (Å²) < 4.78 is 45.1. The highest BCUT2D eigenvalue weighted by Gasteiger charge is 2.65. The van der Waals surface area contributed by atoms with Gasteiger partial charge in [0.2, 0.25) is 11.8 Å². The molecule has 5 rings (SSSR count). The summed E-state index contributed by atoms with van der Waals surface area (Å²) in [6.07, 6.45) is 1.54. The molecular formula is C30H27F2N3O5. The minimum absolute atomic E-state index is 0.0561. The van der Waals surface area contributed by atoms with Crippen LogP contribution in [0.4, 0.5) is 20.2 Å². The number of fused-ring (bicyclic) bond motifs is 1. The Hall–Kier alpha value is -4.73. The average molecular weight is 548 g/mol. The second-order valence-electron chi connectivity index (χ2n) is 10.0. The molecular weight excluding hydrogens is 520 g/mol.